The van der Waals surface area contributed by atoms with Gasteiger partial charge in [0.05, 0.1) is 24.9 Å². The molecule has 216 valence electrons. The maximum Gasteiger partial charge on any atom is 0.407 e. The number of aliphatic hydroxyl groups excluding tert-OH is 2. The molecule has 3 N–H and O–H groups in total. The molecule has 0 spiro atoms. The van der Waals surface area contributed by atoms with Crippen LogP contribution in [0.15, 0.2) is 85.5 Å². The van der Waals surface area contributed by atoms with Gasteiger partial charge >= 0.3 is 6.09 Å². The van der Waals surface area contributed by atoms with Crippen LogP contribution in [0.4, 0.5) is 4.79 Å². The van der Waals surface area contributed by atoms with Crippen molar-refractivity contribution in [2.24, 2.45) is 0 Å². The van der Waals surface area contributed by atoms with Crippen molar-refractivity contribution in [2.45, 2.75) is 50.6 Å². The molecule has 0 radical (unpaired) electrons. The largest absolute Gasteiger partial charge is 0.445 e. The van der Waals surface area contributed by atoms with E-state index in [0.29, 0.717) is 19.5 Å². The van der Waals surface area contributed by atoms with Gasteiger partial charge in [-0.3, -0.25) is 4.90 Å². The lowest BCUT2D eigenvalue weighted by Gasteiger charge is -2.37. The summed E-state index contributed by atoms with van der Waals surface area (Å²) >= 11 is 0. The molecular weight excluding hydrogens is 520 g/mol. The van der Waals surface area contributed by atoms with E-state index in [9.17, 15) is 15.0 Å². The summed E-state index contributed by atoms with van der Waals surface area (Å²) < 4.78 is 17.9. The third-order valence-electron chi connectivity index (χ3n) is 7.54. The Bertz CT molecular complexity index is 1300. The minimum absolute atomic E-state index is 0.00545. The molecule has 0 bridgehead atoms. The van der Waals surface area contributed by atoms with Crippen molar-refractivity contribution in [3.8, 4) is 11.1 Å². The molecule has 4 atom stereocenters. The number of alkyl carbamates (subject to hydrolysis) is 1. The first-order chi connectivity index (χ1) is 20.0. The van der Waals surface area contributed by atoms with Gasteiger partial charge in [0.25, 0.3) is 0 Å². The third kappa shape index (κ3) is 7.81. The lowest BCUT2D eigenvalue weighted by Crippen LogP contribution is -2.38. The normalized spacial score (nSPS) is 22.8. The van der Waals surface area contributed by atoms with E-state index in [1.807, 2.05) is 60.7 Å². The Labute approximate surface area is 241 Å². The van der Waals surface area contributed by atoms with Crippen LogP contribution in [0, 0.1) is 0 Å². The van der Waals surface area contributed by atoms with E-state index in [-0.39, 0.29) is 31.5 Å². The number of carbonyl (C=O) groups is 1. The fraction of sp³-hybridized carbons (Fsp3) is 0.364. The average molecular weight is 559 g/mol. The van der Waals surface area contributed by atoms with Crippen LogP contribution in [0.3, 0.4) is 0 Å². The Hall–Kier alpha value is -3.53. The summed E-state index contributed by atoms with van der Waals surface area (Å²) in [5, 5.41) is 22.2. The second-order valence-corrected chi connectivity index (χ2v) is 10.6. The number of aliphatic hydroxyl groups is 2. The molecule has 2 heterocycles. The van der Waals surface area contributed by atoms with Crippen molar-refractivity contribution in [1.82, 2.24) is 10.2 Å². The van der Waals surface area contributed by atoms with Crippen molar-refractivity contribution >= 4 is 6.09 Å². The van der Waals surface area contributed by atoms with Crippen molar-refractivity contribution in [1.29, 1.82) is 0 Å². The molecule has 0 aliphatic carbocycles. The van der Waals surface area contributed by atoms with Gasteiger partial charge in [-0.05, 0) is 40.3 Å². The number of ether oxygens (including phenoxy) is 3. The summed E-state index contributed by atoms with van der Waals surface area (Å²) in [5.74, 6) is 0. The van der Waals surface area contributed by atoms with Crippen molar-refractivity contribution < 1.29 is 29.2 Å². The van der Waals surface area contributed by atoms with Gasteiger partial charge in [-0.1, -0.05) is 79.4 Å². The zero-order valence-electron chi connectivity index (χ0n) is 23.2. The molecular formula is C33H38N2O6. The number of rotatable bonds is 10. The summed E-state index contributed by atoms with van der Waals surface area (Å²) in [5.41, 5.74) is 5.89. The predicted molar refractivity (Wildman–Crippen MR) is 156 cm³/mol. The molecule has 0 aromatic heterocycles. The molecule has 3 aromatic carbocycles. The quantitative estimate of drug-likeness (QED) is 0.305. The highest BCUT2D eigenvalue weighted by molar-refractivity contribution is 5.68. The van der Waals surface area contributed by atoms with Gasteiger partial charge in [-0.15, -0.1) is 0 Å². The highest BCUT2D eigenvalue weighted by Gasteiger charge is 2.34. The Morgan fingerprint density at radius 2 is 1.80 bits per heavy atom. The Morgan fingerprint density at radius 3 is 2.51 bits per heavy atom. The number of carbonyl (C=O) groups excluding carboxylic acids is 1. The lowest BCUT2D eigenvalue weighted by atomic mass is 9.99. The van der Waals surface area contributed by atoms with E-state index in [1.165, 1.54) is 6.08 Å². The van der Waals surface area contributed by atoms with E-state index in [2.05, 4.69) is 28.9 Å². The molecule has 2 aliphatic rings. The number of nitrogens with one attached hydrogen (secondary N) is 1. The molecule has 8 nitrogen and oxygen atoms in total. The molecule has 2 aliphatic heterocycles. The van der Waals surface area contributed by atoms with Crippen LogP contribution in [0.1, 0.15) is 47.5 Å². The van der Waals surface area contributed by atoms with Gasteiger partial charge in [0.2, 0.25) is 0 Å². The van der Waals surface area contributed by atoms with Crippen molar-refractivity contribution in [3.63, 3.8) is 0 Å². The van der Waals surface area contributed by atoms with E-state index < -0.39 is 12.4 Å². The summed E-state index contributed by atoms with van der Waals surface area (Å²) in [6.07, 6.45) is 1.54. The van der Waals surface area contributed by atoms with Crippen LogP contribution >= 0.6 is 0 Å². The Balaban J connectivity index is 1.29. The first kappa shape index (κ1) is 29.0. The number of hydrogen-bond acceptors (Lipinski definition) is 7. The number of hydrogen-bond donors (Lipinski definition) is 3. The van der Waals surface area contributed by atoms with Crippen molar-refractivity contribution in [2.75, 3.05) is 26.2 Å². The molecule has 2 fully saturated rings. The highest BCUT2D eigenvalue weighted by Crippen LogP contribution is 2.39. The van der Waals surface area contributed by atoms with Gasteiger partial charge in [0.1, 0.15) is 6.61 Å². The molecule has 8 heteroatoms. The summed E-state index contributed by atoms with van der Waals surface area (Å²) in [6.45, 7) is 6.35. The van der Waals surface area contributed by atoms with Crippen molar-refractivity contribution in [3.05, 3.63) is 108 Å². The van der Waals surface area contributed by atoms with E-state index in [0.717, 1.165) is 52.9 Å². The van der Waals surface area contributed by atoms with E-state index >= 15 is 0 Å². The topological polar surface area (TPSA) is 100 Å². The average Bonchev–Trinajstić information content (AvgIpc) is 3.43. The van der Waals surface area contributed by atoms with E-state index in [4.69, 9.17) is 14.2 Å². The fourth-order valence-corrected chi connectivity index (χ4v) is 5.35. The monoisotopic (exact) mass is 558 g/mol. The van der Waals surface area contributed by atoms with Gasteiger partial charge in [0, 0.05) is 38.2 Å². The van der Waals surface area contributed by atoms with Gasteiger partial charge in [-0.25, -0.2) is 4.79 Å². The Kier molecular flexibility index (Phi) is 9.82. The van der Waals surface area contributed by atoms with Gasteiger partial charge in [0.15, 0.2) is 6.29 Å². The number of likely N-dealkylation sites (tertiary alicyclic amines) is 1. The fourth-order valence-electron chi connectivity index (χ4n) is 5.35. The number of amides is 1. The second-order valence-electron chi connectivity index (χ2n) is 10.6. The second kappa shape index (κ2) is 13.9. The van der Waals surface area contributed by atoms with Gasteiger partial charge in [-0.2, -0.15) is 0 Å². The SMILES string of the molecule is C=CCOC(=O)NCc1cccc(-c2ccc([C@@H]3O[C@H](CN4CC[C@H](O)C4)C[C@H](c4ccc(CO)cc4)O3)cc2)c1. The molecule has 2 saturated heterocycles. The lowest BCUT2D eigenvalue weighted by molar-refractivity contribution is -0.252. The third-order valence-corrected chi connectivity index (χ3v) is 7.54. The maximum absolute atomic E-state index is 11.8. The molecule has 41 heavy (non-hydrogen) atoms. The first-order valence-electron chi connectivity index (χ1n) is 14.1. The maximum atomic E-state index is 11.8. The van der Waals surface area contributed by atoms with Crippen LogP contribution in [0.2, 0.25) is 0 Å². The minimum Gasteiger partial charge on any atom is -0.445 e. The summed E-state index contributed by atoms with van der Waals surface area (Å²) in [7, 11) is 0. The minimum atomic E-state index is -0.532. The van der Waals surface area contributed by atoms with Crippen LogP contribution in [0.5, 0.6) is 0 Å². The molecule has 5 rings (SSSR count). The molecule has 0 saturated carbocycles. The van der Waals surface area contributed by atoms with E-state index in [1.54, 1.807) is 0 Å². The smallest absolute Gasteiger partial charge is 0.407 e. The van der Waals surface area contributed by atoms with Gasteiger partial charge < -0.3 is 29.7 Å². The number of β-amino-alcohol motifs (C(OH)–C–C–N with tert-alkyl or cyclic N) is 1. The molecule has 3 aromatic rings. The highest BCUT2D eigenvalue weighted by atomic mass is 16.7. The summed E-state index contributed by atoms with van der Waals surface area (Å²) in [6, 6.07) is 24.1. The number of nitrogens with zero attached hydrogens (tertiary/aromatic N) is 1. The first-order valence-corrected chi connectivity index (χ1v) is 14.1. The Morgan fingerprint density at radius 1 is 1.02 bits per heavy atom. The zero-order valence-corrected chi connectivity index (χ0v) is 23.2. The summed E-state index contributed by atoms with van der Waals surface area (Å²) in [4.78, 5) is 14.0. The van der Waals surface area contributed by atoms with Crippen LogP contribution in [-0.4, -0.2) is 59.7 Å². The zero-order chi connectivity index (χ0) is 28.6. The standard InChI is InChI=1S/C33H38N2O6/c1-2-16-39-33(38)34-19-24-4-3-5-28(17-24)25-10-12-27(13-11-25)32-40-30(21-35-15-14-29(37)20-35)18-31(41-32)26-8-6-23(22-36)7-9-26/h2-13,17,29-32,36-37H,1,14-16,18-22H2,(H,34,38)/t29-,30-,31+,32+/m0/s1. The molecule has 0 unspecified atom stereocenters. The van der Waals surface area contributed by atoms with Crippen LogP contribution in [-0.2, 0) is 27.4 Å². The number of benzene rings is 3. The van der Waals surface area contributed by atoms with Crippen LogP contribution in [0.25, 0.3) is 11.1 Å². The van der Waals surface area contributed by atoms with Crippen LogP contribution < -0.4 is 5.32 Å². The molecule has 1 amide bonds. The predicted octanol–water partition coefficient (Wildman–Crippen LogP) is 4.87.